The van der Waals surface area contributed by atoms with Crippen LogP contribution < -0.4 is 11.1 Å². The molecule has 0 amide bonds. The number of benzene rings is 1. The Balaban J connectivity index is 1.94. The molecule has 1 aliphatic rings. The van der Waals surface area contributed by atoms with Crippen molar-refractivity contribution in [3.8, 4) is 0 Å². The molecule has 0 atom stereocenters. The van der Waals surface area contributed by atoms with Gasteiger partial charge in [-0.1, -0.05) is 12.5 Å². The Kier molecular flexibility index (Phi) is 3.23. The maximum atomic E-state index is 5.93. The first-order valence-corrected chi connectivity index (χ1v) is 7.28. The van der Waals surface area contributed by atoms with Gasteiger partial charge >= 0.3 is 0 Å². The predicted octanol–water partition coefficient (Wildman–Crippen LogP) is 3.45. The van der Waals surface area contributed by atoms with Crippen molar-refractivity contribution in [2.24, 2.45) is 0 Å². The van der Waals surface area contributed by atoms with Gasteiger partial charge in [0, 0.05) is 35.4 Å². The van der Waals surface area contributed by atoms with E-state index in [1.165, 1.54) is 35.9 Å². The van der Waals surface area contributed by atoms with Gasteiger partial charge < -0.3 is 15.6 Å². The summed E-state index contributed by atoms with van der Waals surface area (Å²) in [5, 5.41) is 4.94. The molecule has 0 spiro atoms. The van der Waals surface area contributed by atoms with Gasteiger partial charge in [-0.15, -0.1) is 0 Å². The summed E-state index contributed by atoms with van der Waals surface area (Å²) >= 11 is 0. The summed E-state index contributed by atoms with van der Waals surface area (Å²) in [6, 6.07) is 9.66. The van der Waals surface area contributed by atoms with Crippen LogP contribution in [0, 0.1) is 0 Å². The van der Waals surface area contributed by atoms with E-state index in [0.717, 1.165) is 18.3 Å². The lowest BCUT2D eigenvalue weighted by Crippen LogP contribution is -2.35. The third-order valence-corrected chi connectivity index (χ3v) is 4.14. The van der Waals surface area contributed by atoms with Crippen LogP contribution in [0.1, 0.15) is 44.8 Å². The third-order valence-electron chi connectivity index (χ3n) is 4.14. The van der Waals surface area contributed by atoms with Crippen LogP contribution in [0.2, 0.25) is 0 Å². The Bertz CT molecular complexity index is 579. The fourth-order valence-electron chi connectivity index (χ4n) is 2.90. The number of fused-ring (bicyclic) bond motifs is 1. The minimum atomic E-state index is 0.456. The van der Waals surface area contributed by atoms with Crippen LogP contribution in [-0.2, 0) is 6.54 Å². The first-order valence-electron chi connectivity index (χ1n) is 7.28. The lowest BCUT2D eigenvalue weighted by molar-refractivity contribution is 0.334. The number of nitrogens with zero attached hydrogens (tertiary/aromatic N) is 1. The fraction of sp³-hybridized carbons (Fsp3) is 0.500. The molecule has 1 aliphatic carbocycles. The maximum Gasteiger partial charge on any atom is 0.0506 e. The predicted molar refractivity (Wildman–Crippen MR) is 81.2 cm³/mol. The number of nitrogens with one attached hydrogen (secondary N) is 1. The van der Waals surface area contributed by atoms with E-state index in [4.69, 9.17) is 5.73 Å². The molecule has 3 N–H and O–H groups in total. The number of anilines is 1. The van der Waals surface area contributed by atoms with Crippen molar-refractivity contribution in [1.82, 2.24) is 9.88 Å². The van der Waals surface area contributed by atoms with Crippen molar-refractivity contribution in [2.75, 3.05) is 5.73 Å². The molecule has 0 aliphatic heterocycles. The smallest absolute Gasteiger partial charge is 0.0506 e. The van der Waals surface area contributed by atoms with Crippen LogP contribution in [0.25, 0.3) is 10.9 Å². The first kappa shape index (κ1) is 12.5. The highest BCUT2D eigenvalue weighted by Gasteiger charge is 2.18. The standard InChI is InChI=1S/C16H23N3/c1-11(2)19-15(10-18-14-4-3-5-14)8-12-6-7-13(17)9-16(12)19/h6-9,11,14,18H,3-5,10,17H2,1-2H3. The van der Waals surface area contributed by atoms with Crippen molar-refractivity contribution >= 4 is 16.6 Å². The normalized spacial score (nSPS) is 16.2. The van der Waals surface area contributed by atoms with Gasteiger partial charge in [-0.2, -0.15) is 0 Å². The highest BCUT2D eigenvalue weighted by molar-refractivity contribution is 5.84. The van der Waals surface area contributed by atoms with Crippen LogP contribution in [0.15, 0.2) is 24.3 Å². The average Bonchev–Trinajstić information content (AvgIpc) is 2.64. The summed E-state index contributed by atoms with van der Waals surface area (Å²) in [7, 11) is 0. The van der Waals surface area contributed by atoms with Crippen LogP contribution in [-0.4, -0.2) is 10.6 Å². The Morgan fingerprint density at radius 3 is 2.74 bits per heavy atom. The molecule has 2 aromatic rings. The van der Waals surface area contributed by atoms with Gasteiger partial charge in [0.15, 0.2) is 0 Å². The van der Waals surface area contributed by atoms with E-state index < -0.39 is 0 Å². The monoisotopic (exact) mass is 257 g/mol. The summed E-state index contributed by atoms with van der Waals surface area (Å²) in [5.74, 6) is 0. The van der Waals surface area contributed by atoms with E-state index in [2.05, 4.69) is 41.9 Å². The molecule has 0 radical (unpaired) electrons. The molecule has 3 heteroatoms. The Labute approximate surface area is 114 Å². The minimum Gasteiger partial charge on any atom is -0.399 e. The fourth-order valence-corrected chi connectivity index (χ4v) is 2.90. The highest BCUT2D eigenvalue weighted by Crippen LogP contribution is 2.27. The van der Waals surface area contributed by atoms with Crippen LogP contribution in [0.4, 0.5) is 5.69 Å². The number of nitrogens with two attached hydrogens (primary N) is 1. The molecule has 19 heavy (non-hydrogen) atoms. The van der Waals surface area contributed by atoms with Crippen molar-refractivity contribution in [2.45, 2.75) is 51.7 Å². The van der Waals surface area contributed by atoms with Crippen LogP contribution >= 0.6 is 0 Å². The van der Waals surface area contributed by atoms with Crippen molar-refractivity contribution in [3.63, 3.8) is 0 Å². The van der Waals surface area contributed by atoms with Crippen LogP contribution in [0.3, 0.4) is 0 Å². The number of rotatable bonds is 4. The quantitative estimate of drug-likeness (QED) is 0.824. The average molecular weight is 257 g/mol. The molecule has 0 bridgehead atoms. The summed E-state index contributed by atoms with van der Waals surface area (Å²) in [4.78, 5) is 0. The lowest BCUT2D eigenvalue weighted by atomic mass is 9.93. The topological polar surface area (TPSA) is 43.0 Å². The van der Waals surface area contributed by atoms with Crippen molar-refractivity contribution in [3.05, 3.63) is 30.0 Å². The zero-order valence-electron chi connectivity index (χ0n) is 11.8. The van der Waals surface area contributed by atoms with Gasteiger partial charge in [0.25, 0.3) is 0 Å². The Hall–Kier alpha value is -1.48. The molecule has 102 valence electrons. The van der Waals surface area contributed by atoms with E-state index in [-0.39, 0.29) is 0 Å². The molecule has 0 saturated heterocycles. The summed E-state index contributed by atoms with van der Waals surface area (Å²) < 4.78 is 2.40. The zero-order valence-corrected chi connectivity index (χ0v) is 11.8. The zero-order chi connectivity index (χ0) is 13.4. The van der Waals surface area contributed by atoms with E-state index >= 15 is 0 Å². The second-order valence-electron chi connectivity index (χ2n) is 5.93. The molecule has 1 fully saturated rings. The van der Waals surface area contributed by atoms with Crippen molar-refractivity contribution < 1.29 is 0 Å². The van der Waals surface area contributed by atoms with Gasteiger partial charge in [-0.05, 0) is 44.9 Å². The van der Waals surface area contributed by atoms with E-state index in [9.17, 15) is 0 Å². The molecule has 1 aromatic heterocycles. The largest absolute Gasteiger partial charge is 0.399 e. The molecule has 1 aromatic carbocycles. The van der Waals surface area contributed by atoms with Gasteiger partial charge in [-0.3, -0.25) is 0 Å². The minimum absolute atomic E-state index is 0.456. The molecular formula is C16H23N3. The Morgan fingerprint density at radius 1 is 1.32 bits per heavy atom. The first-order chi connectivity index (χ1) is 9.15. The van der Waals surface area contributed by atoms with Gasteiger partial charge in [0.2, 0.25) is 0 Å². The van der Waals surface area contributed by atoms with E-state index in [1.54, 1.807) is 0 Å². The number of aromatic nitrogens is 1. The second-order valence-corrected chi connectivity index (χ2v) is 5.93. The maximum absolute atomic E-state index is 5.93. The lowest BCUT2D eigenvalue weighted by Gasteiger charge is -2.27. The highest BCUT2D eigenvalue weighted by atomic mass is 15.0. The summed E-state index contributed by atoms with van der Waals surface area (Å²) in [6.07, 6.45) is 4.03. The van der Waals surface area contributed by atoms with Crippen LogP contribution in [0.5, 0.6) is 0 Å². The molecule has 3 rings (SSSR count). The van der Waals surface area contributed by atoms with Gasteiger partial charge in [0.05, 0.1) is 5.52 Å². The van der Waals surface area contributed by atoms with Gasteiger partial charge in [-0.25, -0.2) is 0 Å². The van der Waals surface area contributed by atoms with E-state index in [1.807, 2.05) is 6.07 Å². The molecule has 3 nitrogen and oxygen atoms in total. The number of nitrogen functional groups attached to an aromatic ring is 1. The van der Waals surface area contributed by atoms with E-state index in [0.29, 0.717) is 6.04 Å². The molecular weight excluding hydrogens is 234 g/mol. The molecule has 1 saturated carbocycles. The molecule has 0 unspecified atom stereocenters. The SMILES string of the molecule is CC(C)n1c(CNC2CCC2)cc2ccc(N)cc21. The number of hydrogen-bond acceptors (Lipinski definition) is 2. The Morgan fingerprint density at radius 2 is 2.11 bits per heavy atom. The summed E-state index contributed by atoms with van der Waals surface area (Å²) in [5.41, 5.74) is 9.38. The molecule has 1 heterocycles. The van der Waals surface area contributed by atoms with Crippen molar-refractivity contribution in [1.29, 1.82) is 0 Å². The third kappa shape index (κ3) is 2.35. The van der Waals surface area contributed by atoms with Gasteiger partial charge in [0.1, 0.15) is 0 Å². The summed E-state index contributed by atoms with van der Waals surface area (Å²) in [6.45, 7) is 5.42. The number of hydrogen-bond donors (Lipinski definition) is 2. The second kappa shape index (κ2) is 4.89.